The smallest absolute Gasteiger partial charge is 0.264 e. The summed E-state index contributed by atoms with van der Waals surface area (Å²) in [7, 11) is 0. The van der Waals surface area contributed by atoms with Crippen molar-refractivity contribution in [2.24, 2.45) is 0 Å². The number of nitrogens with one attached hydrogen (secondary N) is 1. The number of aryl methyl sites for hydroxylation is 1. The van der Waals surface area contributed by atoms with E-state index >= 15 is 0 Å². The Morgan fingerprint density at radius 1 is 1.10 bits per heavy atom. The normalized spacial score (nSPS) is 11.0. The topological polar surface area (TPSA) is 81.8 Å². The summed E-state index contributed by atoms with van der Waals surface area (Å²) in [5.41, 5.74) is 1.97. The fraction of sp³-hybridized carbons (Fsp3) is 0.182. The Hall–Kier alpha value is -3.45. The minimum Gasteiger partial charge on any atom is -0.352 e. The van der Waals surface area contributed by atoms with Gasteiger partial charge < -0.3 is 5.32 Å². The van der Waals surface area contributed by atoms with Gasteiger partial charge in [0.15, 0.2) is 5.65 Å². The van der Waals surface area contributed by atoms with E-state index in [9.17, 15) is 9.59 Å². The van der Waals surface area contributed by atoms with Crippen LogP contribution in [0.4, 0.5) is 0 Å². The molecule has 0 aliphatic carbocycles. The van der Waals surface area contributed by atoms with Gasteiger partial charge in [-0.25, -0.2) is 9.67 Å². The average Bonchev–Trinajstić information content (AvgIpc) is 3.17. The number of amides is 1. The van der Waals surface area contributed by atoms with Gasteiger partial charge in [-0.15, -0.1) is 0 Å². The van der Waals surface area contributed by atoms with Crippen LogP contribution in [0.5, 0.6) is 0 Å². The first kappa shape index (κ1) is 19.8. The first-order chi connectivity index (χ1) is 14.5. The summed E-state index contributed by atoms with van der Waals surface area (Å²) in [6, 6.07) is 16.9. The van der Waals surface area contributed by atoms with E-state index in [1.807, 2.05) is 48.5 Å². The van der Waals surface area contributed by atoms with Crippen molar-refractivity contribution >= 4 is 28.5 Å². The van der Waals surface area contributed by atoms with Crippen molar-refractivity contribution in [1.29, 1.82) is 0 Å². The number of halogens is 1. The molecule has 2 heterocycles. The van der Waals surface area contributed by atoms with Crippen LogP contribution in [-0.4, -0.2) is 25.2 Å². The molecule has 1 N–H and O–H groups in total. The summed E-state index contributed by atoms with van der Waals surface area (Å²) >= 11 is 6.11. The van der Waals surface area contributed by atoms with E-state index in [1.54, 1.807) is 17.7 Å². The molecule has 152 valence electrons. The number of nitrogens with zero attached hydrogens (tertiary/aromatic N) is 4. The molecule has 0 fully saturated rings. The summed E-state index contributed by atoms with van der Waals surface area (Å²) in [6.07, 6.45) is 1.68. The van der Waals surface area contributed by atoms with Crippen LogP contribution < -0.4 is 10.9 Å². The van der Waals surface area contributed by atoms with E-state index in [0.29, 0.717) is 28.4 Å². The van der Waals surface area contributed by atoms with E-state index < -0.39 is 0 Å². The van der Waals surface area contributed by atoms with Crippen LogP contribution in [0.1, 0.15) is 17.8 Å². The van der Waals surface area contributed by atoms with Gasteiger partial charge >= 0.3 is 0 Å². The zero-order valence-electron chi connectivity index (χ0n) is 16.4. The molecule has 4 aromatic rings. The molecule has 4 rings (SSSR count). The third-order valence-electron chi connectivity index (χ3n) is 4.87. The molecule has 30 heavy (non-hydrogen) atoms. The molecular formula is C22H20ClN5O2. The lowest BCUT2D eigenvalue weighted by molar-refractivity contribution is -0.121. The Labute approximate surface area is 177 Å². The molecule has 0 aliphatic rings. The molecule has 7 nitrogen and oxygen atoms in total. The first-order valence-corrected chi connectivity index (χ1v) is 9.93. The average molecular weight is 422 g/mol. The first-order valence-electron chi connectivity index (χ1n) is 9.55. The van der Waals surface area contributed by atoms with Crippen molar-refractivity contribution in [1.82, 2.24) is 24.6 Å². The molecule has 1 amide bonds. The van der Waals surface area contributed by atoms with E-state index in [0.717, 1.165) is 11.3 Å². The number of carbonyl (C=O) groups excluding carboxylic acids is 1. The van der Waals surface area contributed by atoms with Crippen molar-refractivity contribution in [3.63, 3.8) is 0 Å². The zero-order valence-corrected chi connectivity index (χ0v) is 17.1. The Morgan fingerprint density at radius 2 is 1.83 bits per heavy atom. The predicted octanol–water partition coefficient (Wildman–Crippen LogP) is 3.25. The maximum atomic E-state index is 13.0. The highest BCUT2D eigenvalue weighted by molar-refractivity contribution is 6.31. The highest BCUT2D eigenvalue weighted by Gasteiger charge is 2.15. The van der Waals surface area contributed by atoms with Gasteiger partial charge in [-0.2, -0.15) is 5.10 Å². The van der Waals surface area contributed by atoms with Gasteiger partial charge in [0.1, 0.15) is 11.2 Å². The van der Waals surface area contributed by atoms with Crippen molar-refractivity contribution in [3.8, 4) is 5.69 Å². The summed E-state index contributed by atoms with van der Waals surface area (Å²) in [5.74, 6) is 0.366. The highest BCUT2D eigenvalue weighted by atomic mass is 35.5. The van der Waals surface area contributed by atoms with Gasteiger partial charge in [-0.3, -0.25) is 14.2 Å². The fourth-order valence-corrected chi connectivity index (χ4v) is 3.47. The molecule has 0 atom stereocenters. The van der Waals surface area contributed by atoms with Crippen molar-refractivity contribution in [2.45, 2.75) is 26.4 Å². The van der Waals surface area contributed by atoms with Gasteiger partial charge in [0.05, 0.1) is 11.9 Å². The van der Waals surface area contributed by atoms with Gasteiger partial charge in [0, 0.05) is 24.5 Å². The SMILES string of the molecule is Cc1nc2c(cnn2-c2ccccc2)c(=O)n1CCC(=O)NCc1ccccc1Cl. The zero-order chi connectivity index (χ0) is 21.1. The second kappa shape index (κ2) is 8.51. The van der Waals surface area contributed by atoms with E-state index in [2.05, 4.69) is 15.4 Å². The van der Waals surface area contributed by atoms with E-state index in [4.69, 9.17) is 11.6 Å². The number of benzene rings is 2. The van der Waals surface area contributed by atoms with Crippen LogP contribution in [0.3, 0.4) is 0 Å². The van der Waals surface area contributed by atoms with Crippen LogP contribution in [0.2, 0.25) is 5.02 Å². The van der Waals surface area contributed by atoms with Crippen LogP contribution in [0.25, 0.3) is 16.7 Å². The Bertz CT molecular complexity index is 1260. The summed E-state index contributed by atoms with van der Waals surface area (Å²) < 4.78 is 3.15. The molecule has 0 saturated heterocycles. The van der Waals surface area contributed by atoms with Crippen LogP contribution >= 0.6 is 11.6 Å². The number of hydrogen-bond acceptors (Lipinski definition) is 4. The van der Waals surface area contributed by atoms with Gasteiger partial charge in [0.2, 0.25) is 5.91 Å². The van der Waals surface area contributed by atoms with Crippen molar-refractivity contribution in [2.75, 3.05) is 0 Å². The van der Waals surface area contributed by atoms with Crippen LogP contribution in [-0.2, 0) is 17.9 Å². The van der Waals surface area contributed by atoms with E-state index in [-0.39, 0.29) is 24.4 Å². The molecule has 0 bridgehead atoms. The monoisotopic (exact) mass is 421 g/mol. The molecule has 0 spiro atoms. The number of hydrogen-bond donors (Lipinski definition) is 1. The molecule has 0 radical (unpaired) electrons. The third-order valence-corrected chi connectivity index (χ3v) is 5.24. The summed E-state index contributed by atoms with van der Waals surface area (Å²) in [6.45, 7) is 2.33. The molecule has 0 aliphatic heterocycles. The highest BCUT2D eigenvalue weighted by Crippen LogP contribution is 2.15. The maximum Gasteiger partial charge on any atom is 0.264 e. The number of aromatic nitrogens is 4. The summed E-state index contributed by atoms with van der Waals surface area (Å²) in [4.78, 5) is 29.8. The molecule has 0 unspecified atom stereocenters. The Balaban J connectivity index is 1.50. The predicted molar refractivity (Wildman–Crippen MR) is 116 cm³/mol. The van der Waals surface area contributed by atoms with E-state index in [1.165, 1.54) is 10.8 Å². The lowest BCUT2D eigenvalue weighted by Crippen LogP contribution is -2.29. The second-order valence-electron chi connectivity index (χ2n) is 6.86. The minimum atomic E-state index is -0.210. The fourth-order valence-electron chi connectivity index (χ4n) is 3.27. The molecule has 8 heteroatoms. The number of carbonyl (C=O) groups is 1. The van der Waals surface area contributed by atoms with Crippen LogP contribution in [0, 0.1) is 6.92 Å². The lowest BCUT2D eigenvalue weighted by atomic mass is 10.2. The standard InChI is InChI=1S/C22H20ClN5O2/c1-15-26-21-18(14-25-28(21)17-8-3-2-4-9-17)22(30)27(15)12-11-20(29)24-13-16-7-5-6-10-19(16)23/h2-10,14H,11-13H2,1H3,(H,24,29). The number of rotatable bonds is 6. The Kier molecular flexibility index (Phi) is 5.63. The molecule has 2 aromatic carbocycles. The quantitative estimate of drug-likeness (QED) is 0.518. The summed E-state index contributed by atoms with van der Waals surface area (Å²) in [5, 5.41) is 8.18. The van der Waals surface area contributed by atoms with Gasteiger partial charge in [-0.1, -0.05) is 48.0 Å². The van der Waals surface area contributed by atoms with Gasteiger partial charge in [-0.05, 0) is 30.7 Å². The lowest BCUT2D eigenvalue weighted by Gasteiger charge is -2.11. The molecule has 2 aromatic heterocycles. The third kappa shape index (κ3) is 3.97. The number of para-hydroxylation sites is 1. The number of fused-ring (bicyclic) bond motifs is 1. The molecular weight excluding hydrogens is 402 g/mol. The van der Waals surface area contributed by atoms with Crippen molar-refractivity contribution in [3.05, 3.63) is 87.6 Å². The largest absolute Gasteiger partial charge is 0.352 e. The van der Waals surface area contributed by atoms with Gasteiger partial charge in [0.25, 0.3) is 5.56 Å². The molecule has 0 saturated carbocycles. The van der Waals surface area contributed by atoms with Crippen molar-refractivity contribution < 1.29 is 4.79 Å². The second-order valence-corrected chi connectivity index (χ2v) is 7.27. The van der Waals surface area contributed by atoms with Crippen LogP contribution in [0.15, 0.2) is 65.6 Å². The maximum absolute atomic E-state index is 13.0. The minimum absolute atomic E-state index is 0.158. The Morgan fingerprint density at radius 3 is 2.60 bits per heavy atom.